The molecule has 0 bridgehead atoms. The first kappa shape index (κ1) is 20.2. The number of carbonyl (C=O) groups is 1. The minimum absolute atomic E-state index is 0.104. The minimum Gasteiger partial charge on any atom is -0.478 e. The molecule has 150 valence electrons. The molecule has 0 unspecified atom stereocenters. The Morgan fingerprint density at radius 1 is 1.00 bits per heavy atom. The third kappa shape index (κ3) is 3.98. The van der Waals surface area contributed by atoms with E-state index >= 15 is 0 Å². The summed E-state index contributed by atoms with van der Waals surface area (Å²) in [5.74, 6) is -2.12. The number of aliphatic hydroxyl groups is 4. The summed E-state index contributed by atoms with van der Waals surface area (Å²) in [6.45, 7) is -0.626. The molecule has 0 radical (unpaired) electrons. The molecule has 0 amide bonds. The van der Waals surface area contributed by atoms with Gasteiger partial charge in [0.1, 0.15) is 24.4 Å². The first-order valence-electron chi connectivity index (χ1n) is 8.42. The van der Waals surface area contributed by atoms with E-state index < -0.39 is 49.1 Å². The predicted octanol–water partition coefficient (Wildman–Crippen LogP) is 0.370. The monoisotopic (exact) mass is 394 g/mol. The molecule has 0 saturated carbocycles. The third-order valence-electron chi connectivity index (χ3n) is 4.49. The normalized spacial score (nSPS) is 27.4. The van der Waals surface area contributed by atoms with Gasteiger partial charge in [0.2, 0.25) is 6.29 Å². The predicted molar refractivity (Wildman–Crippen MR) is 93.2 cm³/mol. The topological polar surface area (TPSA) is 137 Å². The van der Waals surface area contributed by atoms with Crippen LogP contribution in [0.2, 0.25) is 0 Å². The van der Waals surface area contributed by atoms with E-state index in [1.807, 2.05) is 0 Å². The van der Waals surface area contributed by atoms with Crippen molar-refractivity contribution < 1.29 is 44.2 Å². The molecule has 3 rings (SSSR count). The SMILES string of the molecule is O=C(O)c1ccc(-c2ccc(O[C@H]3O[C@H](CO)[C@@H](O)[C@H](O)[C@@H]3O)c(F)c2)cc1. The molecule has 5 atom stereocenters. The van der Waals surface area contributed by atoms with Crippen molar-refractivity contribution in [3.63, 3.8) is 0 Å². The minimum atomic E-state index is -1.65. The van der Waals surface area contributed by atoms with Crippen molar-refractivity contribution in [1.29, 1.82) is 0 Å². The molecule has 1 heterocycles. The molecule has 28 heavy (non-hydrogen) atoms. The van der Waals surface area contributed by atoms with Crippen molar-refractivity contribution in [2.75, 3.05) is 6.61 Å². The van der Waals surface area contributed by atoms with Gasteiger partial charge in [-0.15, -0.1) is 0 Å². The van der Waals surface area contributed by atoms with E-state index in [0.717, 1.165) is 6.07 Å². The van der Waals surface area contributed by atoms with Crippen LogP contribution in [0.25, 0.3) is 11.1 Å². The molecule has 2 aromatic carbocycles. The molecule has 2 aromatic rings. The van der Waals surface area contributed by atoms with E-state index in [2.05, 4.69) is 0 Å². The maximum atomic E-state index is 14.5. The fourth-order valence-corrected chi connectivity index (χ4v) is 2.87. The Kier molecular flexibility index (Phi) is 5.92. The standard InChI is InChI=1S/C19H19FO8/c20-12-7-11(9-1-3-10(4-2-9)18(25)26)5-6-13(12)27-19-17(24)16(23)15(22)14(8-21)28-19/h1-7,14-17,19,21-24H,8H2,(H,25,26)/t14-,15-,16+,17+,19+/m1/s1. The van der Waals surface area contributed by atoms with Crippen LogP contribution in [-0.4, -0.2) is 68.8 Å². The van der Waals surface area contributed by atoms with E-state index in [9.17, 15) is 29.6 Å². The Labute approximate surface area is 159 Å². The van der Waals surface area contributed by atoms with Crippen LogP contribution in [0, 0.1) is 5.82 Å². The van der Waals surface area contributed by atoms with Crippen LogP contribution in [0.4, 0.5) is 4.39 Å². The van der Waals surface area contributed by atoms with Gasteiger partial charge in [-0.05, 0) is 35.4 Å². The van der Waals surface area contributed by atoms with Crippen molar-refractivity contribution in [3.05, 3.63) is 53.8 Å². The highest BCUT2D eigenvalue weighted by molar-refractivity contribution is 5.88. The Bertz CT molecular complexity index is 838. The number of ether oxygens (including phenoxy) is 2. The second-order valence-corrected chi connectivity index (χ2v) is 6.34. The van der Waals surface area contributed by atoms with Gasteiger partial charge in [0.15, 0.2) is 11.6 Å². The molecule has 1 aliphatic heterocycles. The number of hydrogen-bond acceptors (Lipinski definition) is 7. The van der Waals surface area contributed by atoms with Crippen molar-refractivity contribution in [1.82, 2.24) is 0 Å². The Morgan fingerprint density at radius 3 is 2.21 bits per heavy atom. The first-order chi connectivity index (χ1) is 13.3. The Hall–Kier alpha value is -2.56. The molecule has 0 aliphatic carbocycles. The summed E-state index contributed by atoms with van der Waals surface area (Å²) in [5, 5.41) is 47.6. The van der Waals surface area contributed by atoms with E-state index in [4.69, 9.17) is 14.6 Å². The zero-order chi connectivity index (χ0) is 20.4. The average molecular weight is 394 g/mol. The lowest BCUT2D eigenvalue weighted by Gasteiger charge is -2.39. The smallest absolute Gasteiger partial charge is 0.335 e. The number of carboxylic acids is 1. The second-order valence-electron chi connectivity index (χ2n) is 6.34. The van der Waals surface area contributed by atoms with Gasteiger partial charge < -0.3 is 35.0 Å². The third-order valence-corrected chi connectivity index (χ3v) is 4.49. The molecule has 1 saturated heterocycles. The van der Waals surface area contributed by atoms with Crippen molar-refractivity contribution >= 4 is 5.97 Å². The Balaban J connectivity index is 1.78. The molecule has 9 heteroatoms. The highest BCUT2D eigenvalue weighted by Crippen LogP contribution is 2.29. The van der Waals surface area contributed by atoms with E-state index in [-0.39, 0.29) is 11.3 Å². The zero-order valence-corrected chi connectivity index (χ0v) is 14.5. The van der Waals surface area contributed by atoms with Crippen LogP contribution in [0.15, 0.2) is 42.5 Å². The van der Waals surface area contributed by atoms with Crippen LogP contribution in [0.1, 0.15) is 10.4 Å². The summed E-state index contributed by atoms with van der Waals surface area (Å²) in [5.41, 5.74) is 1.16. The Morgan fingerprint density at radius 2 is 1.64 bits per heavy atom. The quantitative estimate of drug-likeness (QED) is 0.491. The lowest BCUT2D eigenvalue weighted by molar-refractivity contribution is -0.277. The zero-order valence-electron chi connectivity index (χ0n) is 14.5. The van der Waals surface area contributed by atoms with Gasteiger partial charge in [0, 0.05) is 0 Å². The molecule has 1 aliphatic rings. The molecule has 0 aromatic heterocycles. The van der Waals surface area contributed by atoms with Crippen LogP contribution in [0.5, 0.6) is 5.75 Å². The number of rotatable bonds is 5. The van der Waals surface area contributed by atoms with E-state index in [1.54, 1.807) is 0 Å². The highest BCUT2D eigenvalue weighted by atomic mass is 19.1. The average Bonchev–Trinajstić information content (AvgIpc) is 2.69. The maximum absolute atomic E-state index is 14.5. The fourth-order valence-electron chi connectivity index (χ4n) is 2.87. The van der Waals surface area contributed by atoms with Gasteiger partial charge in [-0.1, -0.05) is 18.2 Å². The molecule has 5 N–H and O–H groups in total. The van der Waals surface area contributed by atoms with Gasteiger partial charge in [0.25, 0.3) is 0 Å². The van der Waals surface area contributed by atoms with Gasteiger partial charge in [-0.25, -0.2) is 9.18 Å². The number of hydrogen-bond donors (Lipinski definition) is 5. The van der Waals surface area contributed by atoms with Gasteiger partial charge in [0.05, 0.1) is 12.2 Å². The maximum Gasteiger partial charge on any atom is 0.335 e. The van der Waals surface area contributed by atoms with Crippen LogP contribution in [0.3, 0.4) is 0 Å². The summed E-state index contributed by atoms with van der Waals surface area (Å²) in [6.07, 6.45) is -7.49. The van der Waals surface area contributed by atoms with Gasteiger partial charge in [-0.2, -0.15) is 0 Å². The molecule has 8 nitrogen and oxygen atoms in total. The first-order valence-corrected chi connectivity index (χ1v) is 8.42. The summed E-state index contributed by atoms with van der Waals surface area (Å²) in [7, 11) is 0. The van der Waals surface area contributed by atoms with Gasteiger partial charge >= 0.3 is 5.97 Å². The number of carboxylic acid groups (broad SMARTS) is 1. The molecule has 1 fully saturated rings. The summed E-state index contributed by atoms with van der Waals surface area (Å²) < 4.78 is 24.9. The highest BCUT2D eigenvalue weighted by Gasteiger charge is 2.44. The molecular weight excluding hydrogens is 375 g/mol. The van der Waals surface area contributed by atoms with Crippen LogP contribution >= 0.6 is 0 Å². The van der Waals surface area contributed by atoms with Crippen molar-refractivity contribution in [2.24, 2.45) is 0 Å². The van der Waals surface area contributed by atoms with E-state index in [1.165, 1.54) is 36.4 Å². The molecule has 0 spiro atoms. The van der Waals surface area contributed by atoms with Crippen LogP contribution in [-0.2, 0) is 4.74 Å². The number of halogens is 1. The summed E-state index contributed by atoms with van der Waals surface area (Å²) in [4.78, 5) is 10.9. The van der Waals surface area contributed by atoms with Crippen molar-refractivity contribution in [3.8, 4) is 16.9 Å². The van der Waals surface area contributed by atoms with E-state index in [0.29, 0.717) is 11.1 Å². The number of aliphatic hydroxyl groups excluding tert-OH is 4. The second kappa shape index (κ2) is 8.21. The molecular formula is C19H19FO8. The summed E-state index contributed by atoms with van der Waals surface area (Å²) >= 11 is 0. The fraction of sp³-hybridized carbons (Fsp3) is 0.316. The summed E-state index contributed by atoms with van der Waals surface area (Å²) in [6, 6.07) is 9.85. The van der Waals surface area contributed by atoms with Crippen molar-refractivity contribution in [2.45, 2.75) is 30.7 Å². The van der Waals surface area contributed by atoms with Gasteiger partial charge in [-0.3, -0.25) is 0 Å². The number of benzene rings is 2. The largest absolute Gasteiger partial charge is 0.478 e. The lowest BCUT2D eigenvalue weighted by Crippen LogP contribution is -2.60. The lowest BCUT2D eigenvalue weighted by atomic mass is 9.99. The number of aromatic carboxylic acids is 1. The van der Waals surface area contributed by atoms with Crippen LogP contribution < -0.4 is 4.74 Å².